The predicted molar refractivity (Wildman–Crippen MR) is 128 cm³/mol. The van der Waals surface area contributed by atoms with Gasteiger partial charge in [-0.05, 0) is 41.0 Å². The molecule has 1 N–H and O–H groups in total. The third-order valence-corrected chi connectivity index (χ3v) is 6.07. The largest absolute Gasteiger partial charge is 0.493 e. The lowest BCUT2D eigenvalue weighted by Gasteiger charge is -2.36. The van der Waals surface area contributed by atoms with Crippen molar-refractivity contribution in [1.82, 2.24) is 10.2 Å². The molecule has 4 rings (SSSR count). The predicted octanol–water partition coefficient (Wildman–Crippen LogP) is 5.30. The SMILES string of the molecule is COc1cc(C(c2cccc(C(F)(F)F)c2)N2CCNCC2)cc(OC)c1OCc1ccccc1. The van der Waals surface area contributed by atoms with Crippen LogP contribution in [-0.4, -0.2) is 45.3 Å². The maximum Gasteiger partial charge on any atom is 0.416 e. The Morgan fingerprint density at radius 2 is 1.51 bits per heavy atom. The average molecular weight is 487 g/mol. The van der Waals surface area contributed by atoms with Gasteiger partial charge < -0.3 is 19.5 Å². The lowest BCUT2D eigenvalue weighted by Crippen LogP contribution is -2.45. The van der Waals surface area contributed by atoms with Crippen molar-refractivity contribution in [2.24, 2.45) is 0 Å². The molecule has 0 aromatic heterocycles. The fourth-order valence-corrected chi connectivity index (χ4v) is 4.37. The zero-order valence-corrected chi connectivity index (χ0v) is 19.8. The molecular weight excluding hydrogens is 457 g/mol. The van der Waals surface area contributed by atoms with Gasteiger partial charge in [0.15, 0.2) is 11.5 Å². The number of nitrogens with one attached hydrogen (secondary N) is 1. The molecule has 3 aromatic rings. The van der Waals surface area contributed by atoms with E-state index >= 15 is 0 Å². The van der Waals surface area contributed by atoms with Crippen molar-refractivity contribution in [3.8, 4) is 17.2 Å². The van der Waals surface area contributed by atoms with Crippen LogP contribution in [0.5, 0.6) is 17.2 Å². The van der Waals surface area contributed by atoms with E-state index in [1.54, 1.807) is 6.07 Å². The van der Waals surface area contributed by atoms with Gasteiger partial charge in [-0.15, -0.1) is 0 Å². The topological polar surface area (TPSA) is 43.0 Å². The molecule has 3 aromatic carbocycles. The van der Waals surface area contributed by atoms with Crippen molar-refractivity contribution in [2.75, 3.05) is 40.4 Å². The van der Waals surface area contributed by atoms with E-state index in [2.05, 4.69) is 10.2 Å². The number of methoxy groups -OCH3 is 2. The molecule has 1 heterocycles. The highest BCUT2D eigenvalue weighted by Crippen LogP contribution is 2.43. The van der Waals surface area contributed by atoms with E-state index in [1.807, 2.05) is 42.5 Å². The first-order valence-corrected chi connectivity index (χ1v) is 11.4. The minimum absolute atomic E-state index is 0.321. The quantitative estimate of drug-likeness (QED) is 0.468. The lowest BCUT2D eigenvalue weighted by atomic mass is 9.94. The van der Waals surface area contributed by atoms with Crippen LogP contribution in [0.15, 0.2) is 66.7 Å². The van der Waals surface area contributed by atoms with Crippen LogP contribution in [0.4, 0.5) is 13.2 Å². The van der Waals surface area contributed by atoms with Gasteiger partial charge in [0.05, 0.1) is 25.8 Å². The number of hydrogen-bond donors (Lipinski definition) is 1. The molecular formula is C27H29F3N2O3. The Kier molecular flexibility index (Phi) is 7.83. The van der Waals surface area contributed by atoms with Crippen molar-refractivity contribution >= 4 is 0 Å². The average Bonchev–Trinajstić information content (AvgIpc) is 2.88. The third-order valence-electron chi connectivity index (χ3n) is 6.07. The minimum Gasteiger partial charge on any atom is -0.493 e. The monoisotopic (exact) mass is 486 g/mol. The molecule has 0 radical (unpaired) electrons. The summed E-state index contributed by atoms with van der Waals surface area (Å²) in [5.41, 5.74) is 1.65. The maximum absolute atomic E-state index is 13.5. The first-order chi connectivity index (χ1) is 16.9. The summed E-state index contributed by atoms with van der Waals surface area (Å²) in [7, 11) is 3.08. The van der Waals surface area contributed by atoms with Crippen LogP contribution in [-0.2, 0) is 12.8 Å². The first kappa shape index (κ1) is 24.9. The molecule has 35 heavy (non-hydrogen) atoms. The molecule has 5 nitrogen and oxygen atoms in total. The molecule has 0 bridgehead atoms. The van der Waals surface area contributed by atoms with Crippen molar-refractivity contribution in [3.63, 3.8) is 0 Å². The fourth-order valence-electron chi connectivity index (χ4n) is 4.37. The molecule has 1 fully saturated rings. The smallest absolute Gasteiger partial charge is 0.416 e. The van der Waals surface area contributed by atoms with Crippen LogP contribution in [0.25, 0.3) is 0 Å². The number of hydrogen-bond acceptors (Lipinski definition) is 5. The van der Waals surface area contributed by atoms with Crippen molar-refractivity contribution in [2.45, 2.75) is 18.8 Å². The van der Waals surface area contributed by atoms with Crippen molar-refractivity contribution in [1.29, 1.82) is 0 Å². The van der Waals surface area contributed by atoms with E-state index in [1.165, 1.54) is 26.4 Å². The van der Waals surface area contributed by atoms with Crippen LogP contribution in [0.1, 0.15) is 28.3 Å². The van der Waals surface area contributed by atoms with E-state index in [0.29, 0.717) is 42.5 Å². The summed E-state index contributed by atoms with van der Waals surface area (Å²) >= 11 is 0. The van der Waals surface area contributed by atoms with Crippen LogP contribution in [0.3, 0.4) is 0 Å². The molecule has 0 amide bonds. The number of ether oxygens (including phenoxy) is 3. The summed E-state index contributed by atoms with van der Waals surface area (Å²) in [6.07, 6.45) is -4.42. The first-order valence-electron chi connectivity index (χ1n) is 11.4. The Hall–Kier alpha value is -3.23. The fraction of sp³-hybridized carbons (Fsp3) is 0.333. The number of nitrogens with zero attached hydrogens (tertiary/aromatic N) is 1. The number of piperazine rings is 1. The highest BCUT2D eigenvalue weighted by molar-refractivity contribution is 5.56. The standard InChI is InChI=1S/C27H29F3N2O3/c1-33-23-16-21(17-24(34-2)26(23)35-18-19-7-4-3-5-8-19)25(32-13-11-31-12-14-32)20-9-6-10-22(15-20)27(28,29)30/h3-10,15-17,25,31H,11-14,18H2,1-2H3. The van der Waals surface area contributed by atoms with Crippen molar-refractivity contribution in [3.05, 3.63) is 89.0 Å². The summed E-state index contributed by atoms with van der Waals surface area (Å²) in [6, 6.07) is 18.5. The molecule has 1 unspecified atom stereocenters. The summed E-state index contributed by atoms with van der Waals surface area (Å²) in [4.78, 5) is 2.17. The van der Waals surface area contributed by atoms with E-state index in [0.717, 1.165) is 30.3 Å². The molecule has 1 atom stereocenters. The normalized spacial score (nSPS) is 15.5. The number of rotatable bonds is 8. The van der Waals surface area contributed by atoms with Crippen LogP contribution >= 0.6 is 0 Å². The maximum atomic E-state index is 13.5. The molecule has 186 valence electrons. The summed E-state index contributed by atoms with van der Waals surface area (Å²) in [5, 5.41) is 3.30. The van der Waals surface area contributed by atoms with E-state index < -0.39 is 17.8 Å². The summed E-state index contributed by atoms with van der Waals surface area (Å²) in [5.74, 6) is 1.37. The van der Waals surface area contributed by atoms with E-state index in [9.17, 15) is 13.2 Å². The number of benzene rings is 3. The van der Waals surface area contributed by atoms with Crippen LogP contribution in [0.2, 0.25) is 0 Å². The summed E-state index contributed by atoms with van der Waals surface area (Å²) < 4.78 is 57.9. The molecule has 0 aliphatic carbocycles. The highest BCUT2D eigenvalue weighted by atomic mass is 19.4. The van der Waals surface area contributed by atoms with Gasteiger partial charge in [-0.1, -0.05) is 42.5 Å². The molecule has 1 saturated heterocycles. The van der Waals surface area contributed by atoms with Crippen molar-refractivity contribution < 1.29 is 27.4 Å². The van der Waals surface area contributed by atoms with Gasteiger partial charge in [0.2, 0.25) is 5.75 Å². The van der Waals surface area contributed by atoms with Gasteiger partial charge in [-0.2, -0.15) is 13.2 Å². The van der Waals surface area contributed by atoms with Crippen LogP contribution < -0.4 is 19.5 Å². The van der Waals surface area contributed by atoms with Gasteiger partial charge >= 0.3 is 6.18 Å². The number of alkyl halides is 3. The molecule has 0 saturated carbocycles. The van der Waals surface area contributed by atoms with Gasteiger partial charge in [-0.3, -0.25) is 4.90 Å². The van der Waals surface area contributed by atoms with E-state index in [4.69, 9.17) is 14.2 Å². The molecule has 1 aliphatic rings. The minimum atomic E-state index is -4.42. The van der Waals surface area contributed by atoms with E-state index in [-0.39, 0.29) is 0 Å². The Morgan fingerprint density at radius 3 is 2.11 bits per heavy atom. The molecule has 8 heteroatoms. The Bertz CT molecular complexity index is 1090. The van der Waals surface area contributed by atoms with Gasteiger partial charge in [0.25, 0.3) is 0 Å². The second-order valence-corrected chi connectivity index (χ2v) is 8.34. The molecule has 1 aliphatic heterocycles. The number of halogens is 3. The van der Waals surface area contributed by atoms with Gasteiger partial charge in [-0.25, -0.2) is 0 Å². The van der Waals surface area contributed by atoms with Gasteiger partial charge in [0, 0.05) is 26.2 Å². The highest BCUT2D eigenvalue weighted by Gasteiger charge is 2.33. The lowest BCUT2D eigenvalue weighted by molar-refractivity contribution is -0.137. The van der Waals surface area contributed by atoms with Crippen LogP contribution in [0, 0.1) is 0 Å². The second kappa shape index (κ2) is 11.0. The zero-order chi connectivity index (χ0) is 24.8. The zero-order valence-electron chi connectivity index (χ0n) is 19.8. The second-order valence-electron chi connectivity index (χ2n) is 8.34. The Morgan fingerprint density at radius 1 is 0.857 bits per heavy atom. The van der Waals surface area contributed by atoms with Gasteiger partial charge in [0.1, 0.15) is 6.61 Å². The Labute approximate surface area is 203 Å². The third kappa shape index (κ3) is 5.89. The summed E-state index contributed by atoms with van der Waals surface area (Å²) in [6.45, 7) is 3.21. The molecule has 0 spiro atoms. The Balaban J connectivity index is 1.75.